The fourth-order valence-electron chi connectivity index (χ4n) is 9.40. The molecule has 0 aliphatic rings. The third-order valence-corrected chi connectivity index (χ3v) is 12.2. The molecule has 0 aliphatic carbocycles. The molecule has 3 heteroatoms. The van der Waals surface area contributed by atoms with E-state index < -0.39 is 0 Å². The zero-order chi connectivity index (χ0) is 40.3. The van der Waals surface area contributed by atoms with Gasteiger partial charge in [0.2, 0.25) is 0 Å². The van der Waals surface area contributed by atoms with Crippen molar-refractivity contribution >= 4 is 71.6 Å². The maximum Gasteiger partial charge on any atom is 0.143 e. The summed E-state index contributed by atoms with van der Waals surface area (Å²) in [5.74, 6) is 0. The van der Waals surface area contributed by atoms with Gasteiger partial charge in [-0.15, -0.1) is 0 Å². The van der Waals surface area contributed by atoms with Gasteiger partial charge in [-0.25, -0.2) is 0 Å². The van der Waals surface area contributed by atoms with Crippen molar-refractivity contribution in [1.29, 1.82) is 0 Å². The Kier molecular flexibility index (Phi) is 8.17. The van der Waals surface area contributed by atoms with Crippen LogP contribution in [-0.2, 0) is 0 Å². The van der Waals surface area contributed by atoms with Crippen molar-refractivity contribution in [2.45, 2.75) is 0 Å². The van der Waals surface area contributed by atoms with Crippen LogP contribution in [0.1, 0.15) is 0 Å². The topological polar surface area (TPSA) is 21.3 Å². The van der Waals surface area contributed by atoms with Crippen LogP contribution in [0.25, 0.3) is 93.6 Å². The van der Waals surface area contributed by atoms with Crippen LogP contribution in [0.4, 0.5) is 17.1 Å². The van der Waals surface area contributed by atoms with Gasteiger partial charge in [0.1, 0.15) is 11.2 Å². The van der Waals surface area contributed by atoms with Crippen molar-refractivity contribution in [3.05, 3.63) is 231 Å². The van der Waals surface area contributed by atoms with Crippen molar-refractivity contribution in [3.8, 4) is 39.1 Å². The molecule has 61 heavy (non-hydrogen) atoms. The molecule has 10 aromatic carbocycles. The third-order valence-electron chi connectivity index (χ3n) is 12.2. The Morgan fingerprint density at radius 2 is 0.836 bits per heavy atom. The number of rotatable bonds is 7. The summed E-state index contributed by atoms with van der Waals surface area (Å²) in [5, 5.41) is 7.19. The van der Waals surface area contributed by atoms with E-state index in [9.17, 15) is 0 Å². The molecule has 0 fully saturated rings. The Morgan fingerprint density at radius 1 is 0.344 bits per heavy atom. The zero-order valence-corrected chi connectivity index (χ0v) is 33.2. The summed E-state index contributed by atoms with van der Waals surface area (Å²) in [6, 6.07) is 82.7. The summed E-state index contributed by atoms with van der Waals surface area (Å²) in [5.41, 5.74) is 15.4. The largest absolute Gasteiger partial charge is 0.455 e. The van der Waals surface area contributed by atoms with Gasteiger partial charge in [0.25, 0.3) is 0 Å². The minimum Gasteiger partial charge on any atom is -0.455 e. The number of hydrogen-bond acceptors (Lipinski definition) is 2. The minimum absolute atomic E-state index is 0.851. The summed E-state index contributed by atoms with van der Waals surface area (Å²) >= 11 is 0. The van der Waals surface area contributed by atoms with Crippen LogP contribution < -0.4 is 4.90 Å². The molecule has 0 bridgehead atoms. The van der Waals surface area contributed by atoms with E-state index in [1.165, 1.54) is 54.8 Å². The number of aromatic nitrogens is 1. The molecular formula is C58H38N2O. The lowest BCUT2D eigenvalue weighted by atomic mass is 9.91. The first-order chi connectivity index (χ1) is 30.3. The predicted molar refractivity (Wildman–Crippen MR) is 257 cm³/mol. The molecule has 2 heterocycles. The molecule has 0 radical (unpaired) electrons. The first-order valence-corrected chi connectivity index (χ1v) is 20.8. The Morgan fingerprint density at radius 3 is 1.48 bits per heavy atom. The predicted octanol–water partition coefficient (Wildman–Crippen LogP) is 16.3. The summed E-state index contributed by atoms with van der Waals surface area (Å²) in [6.07, 6.45) is 0. The van der Waals surface area contributed by atoms with Gasteiger partial charge in [0.05, 0.1) is 11.0 Å². The number of para-hydroxylation sites is 3. The molecule has 12 rings (SSSR count). The second-order valence-electron chi connectivity index (χ2n) is 15.7. The molecule has 286 valence electrons. The second kappa shape index (κ2) is 14.3. The SMILES string of the molecule is c1ccc(-c2cccc3c2oc2cc(N(c4ccc(-c5cccc6cccc(-c7ccccc7)c56)cc4)c4ccc(-n5c6ccccc6c6ccccc65)cc4)ccc23)cc1. The summed E-state index contributed by atoms with van der Waals surface area (Å²) in [4.78, 5) is 2.34. The number of benzene rings is 10. The summed E-state index contributed by atoms with van der Waals surface area (Å²) in [6.45, 7) is 0. The van der Waals surface area contributed by atoms with Crippen LogP contribution in [-0.4, -0.2) is 4.57 Å². The fourth-order valence-corrected chi connectivity index (χ4v) is 9.40. The number of fused-ring (bicyclic) bond motifs is 7. The molecule has 0 atom stereocenters. The molecule has 0 saturated heterocycles. The third kappa shape index (κ3) is 5.82. The summed E-state index contributed by atoms with van der Waals surface area (Å²) in [7, 11) is 0. The van der Waals surface area contributed by atoms with Gasteiger partial charge in [0.15, 0.2) is 0 Å². The Labute approximate surface area is 353 Å². The molecule has 0 saturated carbocycles. The zero-order valence-electron chi connectivity index (χ0n) is 33.2. The second-order valence-corrected chi connectivity index (χ2v) is 15.7. The maximum absolute atomic E-state index is 6.79. The number of hydrogen-bond donors (Lipinski definition) is 0. The lowest BCUT2D eigenvalue weighted by Gasteiger charge is -2.26. The Hall–Kier alpha value is -8.14. The van der Waals surface area contributed by atoms with Crippen molar-refractivity contribution in [2.75, 3.05) is 4.90 Å². The number of nitrogens with zero attached hydrogens (tertiary/aromatic N) is 2. The van der Waals surface area contributed by atoms with Crippen LogP contribution in [0.15, 0.2) is 235 Å². The highest BCUT2D eigenvalue weighted by Gasteiger charge is 2.19. The van der Waals surface area contributed by atoms with E-state index in [0.717, 1.165) is 55.8 Å². The molecule has 0 unspecified atom stereocenters. The first-order valence-electron chi connectivity index (χ1n) is 20.8. The van der Waals surface area contributed by atoms with Crippen LogP contribution >= 0.6 is 0 Å². The highest BCUT2D eigenvalue weighted by molar-refractivity contribution is 6.11. The van der Waals surface area contributed by atoms with Gasteiger partial charge < -0.3 is 13.9 Å². The maximum atomic E-state index is 6.79. The van der Waals surface area contributed by atoms with Gasteiger partial charge in [-0.05, 0) is 99.3 Å². The highest BCUT2D eigenvalue weighted by Crippen LogP contribution is 2.43. The monoisotopic (exact) mass is 778 g/mol. The Bertz CT molecular complexity index is 3510. The van der Waals surface area contributed by atoms with E-state index in [-0.39, 0.29) is 0 Å². The van der Waals surface area contributed by atoms with E-state index in [2.05, 4.69) is 240 Å². The molecule has 0 aliphatic heterocycles. The molecule has 12 aromatic rings. The smallest absolute Gasteiger partial charge is 0.143 e. The van der Waals surface area contributed by atoms with Gasteiger partial charge in [-0.2, -0.15) is 0 Å². The van der Waals surface area contributed by atoms with Crippen molar-refractivity contribution in [1.82, 2.24) is 4.57 Å². The van der Waals surface area contributed by atoms with Gasteiger partial charge >= 0.3 is 0 Å². The molecular weight excluding hydrogens is 741 g/mol. The van der Waals surface area contributed by atoms with E-state index in [1.807, 2.05) is 0 Å². The van der Waals surface area contributed by atoms with Gasteiger partial charge in [-0.3, -0.25) is 0 Å². The van der Waals surface area contributed by atoms with Crippen LogP contribution in [0.2, 0.25) is 0 Å². The minimum atomic E-state index is 0.851. The van der Waals surface area contributed by atoms with E-state index in [1.54, 1.807) is 0 Å². The average molecular weight is 779 g/mol. The molecule has 0 N–H and O–H groups in total. The first kappa shape index (κ1) is 34.9. The quantitative estimate of drug-likeness (QED) is 0.161. The van der Waals surface area contributed by atoms with Crippen LogP contribution in [0.3, 0.4) is 0 Å². The van der Waals surface area contributed by atoms with Crippen molar-refractivity contribution in [3.63, 3.8) is 0 Å². The number of anilines is 3. The average Bonchev–Trinajstić information content (AvgIpc) is 3.88. The molecule has 0 spiro atoms. The standard InChI is InChI=1S/C58H38N2O/c1-3-14-39(15-4-1)47-22-11-18-42-19-12-23-48(57(42)47)41-28-30-43(31-29-41)59(44-32-34-45(35-33-44)60-54-26-9-7-20-50(54)51-21-8-10-27-55(51)60)46-36-37-52-53-25-13-24-49(40-16-5-2-6-17-40)58(53)61-56(52)38-46/h1-38H. The summed E-state index contributed by atoms with van der Waals surface area (Å²) < 4.78 is 9.15. The van der Waals surface area contributed by atoms with Crippen molar-refractivity contribution < 1.29 is 4.42 Å². The lowest BCUT2D eigenvalue weighted by molar-refractivity contribution is 0.670. The molecule has 0 amide bonds. The van der Waals surface area contributed by atoms with Crippen LogP contribution in [0.5, 0.6) is 0 Å². The Balaban J connectivity index is 1.00. The van der Waals surface area contributed by atoms with Gasteiger partial charge in [0, 0.05) is 55.9 Å². The van der Waals surface area contributed by atoms with E-state index in [0.29, 0.717) is 0 Å². The highest BCUT2D eigenvalue weighted by atomic mass is 16.3. The van der Waals surface area contributed by atoms with Gasteiger partial charge in [-0.1, -0.05) is 164 Å². The normalized spacial score (nSPS) is 11.6. The van der Waals surface area contributed by atoms with Crippen molar-refractivity contribution in [2.24, 2.45) is 0 Å². The molecule has 3 nitrogen and oxygen atoms in total. The van der Waals surface area contributed by atoms with E-state index >= 15 is 0 Å². The fraction of sp³-hybridized carbons (Fsp3) is 0. The van der Waals surface area contributed by atoms with E-state index in [4.69, 9.17) is 4.42 Å². The van der Waals surface area contributed by atoms with Crippen LogP contribution in [0, 0.1) is 0 Å². The lowest BCUT2D eigenvalue weighted by Crippen LogP contribution is -2.10. The number of furan rings is 1. The molecule has 2 aromatic heterocycles.